The third-order valence-corrected chi connectivity index (χ3v) is 4.06. The second-order valence-electron chi connectivity index (χ2n) is 4.10. The van der Waals surface area contributed by atoms with Crippen molar-refractivity contribution in [2.45, 2.75) is 13.0 Å². The van der Waals surface area contributed by atoms with Crippen LogP contribution in [0.5, 0.6) is 0 Å². The van der Waals surface area contributed by atoms with Crippen LogP contribution in [0.1, 0.15) is 10.4 Å². The summed E-state index contributed by atoms with van der Waals surface area (Å²) in [6.07, 6.45) is 0.876. The molecule has 5 nitrogen and oxygen atoms in total. The molecule has 2 aromatic heterocycles. The van der Waals surface area contributed by atoms with Crippen LogP contribution in [-0.2, 0) is 13.0 Å². The van der Waals surface area contributed by atoms with Crippen LogP contribution in [0.2, 0.25) is 0 Å². The lowest BCUT2D eigenvalue weighted by atomic mass is 10.1. The van der Waals surface area contributed by atoms with E-state index in [-0.39, 0.29) is 5.56 Å². The molecule has 16 heavy (non-hydrogen) atoms. The van der Waals surface area contributed by atoms with Crippen LogP contribution in [0.15, 0.2) is 9.59 Å². The summed E-state index contributed by atoms with van der Waals surface area (Å²) in [5.41, 5.74) is 0.417. The summed E-state index contributed by atoms with van der Waals surface area (Å²) >= 11 is 1.51. The zero-order valence-corrected chi connectivity index (χ0v) is 9.61. The third kappa shape index (κ3) is 1.34. The van der Waals surface area contributed by atoms with Gasteiger partial charge in [-0.1, -0.05) is 0 Å². The van der Waals surface area contributed by atoms with Crippen LogP contribution in [0, 0.1) is 0 Å². The average molecular weight is 237 g/mol. The topological polar surface area (TPSA) is 69.0 Å². The minimum Gasteiger partial charge on any atom is -0.301 e. The number of H-pyrrole nitrogens is 2. The van der Waals surface area contributed by atoms with Gasteiger partial charge in [0.05, 0.1) is 5.39 Å². The van der Waals surface area contributed by atoms with Crippen molar-refractivity contribution >= 4 is 21.6 Å². The molecule has 3 heterocycles. The lowest BCUT2D eigenvalue weighted by molar-refractivity contribution is 0.318. The van der Waals surface area contributed by atoms with Crippen molar-refractivity contribution < 1.29 is 0 Å². The molecule has 2 aromatic rings. The molecule has 0 saturated heterocycles. The molecule has 1 aliphatic heterocycles. The standard InChI is InChI=1S/C10H11N3O2S/c1-13-3-2-5-6(4-13)16-9-7(5)8(14)11-10(15)12-9/h2-4H2,1H3,(H2,11,12,14,15). The van der Waals surface area contributed by atoms with E-state index >= 15 is 0 Å². The van der Waals surface area contributed by atoms with Crippen molar-refractivity contribution in [3.8, 4) is 0 Å². The van der Waals surface area contributed by atoms with Gasteiger partial charge in [-0.3, -0.25) is 14.8 Å². The van der Waals surface area contributed by atoms with Gasteiger partial charge in [-0.2, -0.15) is 0 Å². The Morgan fingerprint density at radius 3 is 2.94 bits per heavy atom. The van der Waals surface area contributed by atoms with Crippen molar-refractivity contribution in [3.05, 3.63) is 31.3 Å². The van der Waals surface area contributed by atoms with Crippen molar-refractivity contribution in [2.75, 3.05) is 13.6 Å². The molecule has 84 valence electrons. The Bertz CT molecular complexity index is 667. The number of rotatable bonds is 0. The number of nitrogens with one attached hydrogen (secondary N) is 2. The van der Waals surface area contributed by atoms with Crippen LogP contribution >= 0.6 is 11.3 Å². The highest BCUT2D eigenvalue weighted by atomic mass is 32.1. The van der Waals surface area contributed by atoms with E-state index in [0.717, 1.165) is 25.1 Å². The van der Waals surface area contributed by atoms with E-state index in [1.807, 2.05) is 0 Å². The van der Waals surface area contributed by atoms with Crippen LogP contribution in [0.3, 0.4) is 0 Å². The monoisotopic (exact) mass is 237 g/mol. The zero-order chi connectivity index (χ0) is 11.3. The first-order valence-electron chi connectivity index (χ1n) is 5.10. The fourth-order valence-electron chi connectivity index (χ4n) is 2.16. The molecule has 0 fully saturated rings. The van der Waals surface area contributed by atoms with Crippen LogP contribution in [-0.4, -0.2) is 28.5 Å². The van der Waals surface area contributed by atoms with E-state index in [9.17, 15) is 9.59 Å². The molecule has 0 aromatic carbocycles. The van der Waals surface area contributed by atoms with Crippen LogP contribution < -0.4 is 11.2 Å². The van der Waals surface area contributed by atoms with Gasteiger partial charge in [0.15, 0.2) is 0 Å². The first-order valence-corrected chi connectivity index (χ1v) is 5.92. The number of fused-ring (bicyclic) bond motifs is 3. The summed E-state index contributed by atoms with van der Waals surface area (Å²) in [6.45, 7) is 1.81. The maximum atomic E-state index is 11.7. The van der Waals surface area contributed by atoms with E-state index < -0.39 is 5.69 Å². The van der Waals surface area contributed by atoms with E-state index in [2.05, 4.69) is 21.9 Å². The van der Waals surface area contributed by atoms with Crippen molar-refractivity contribution in [1.29, 1.82) is 0 Å². The van der Waals surface area contributed by atoms with Gasteiger partial charge in [-0.05, 0) is 19.0 Å². The quantitative estimate of drug-likeness (QED) is 0.691. The zero-order valence-electron chi connectivity index (χ0n) is 8.79. The van der Waals surface area contributed by atoms with Gasteiger partial charge in [0.1, 0.15) is 4.83 Å². The minimum absolute atomic E-state index is 0.263. The van der Waals surface area contributed by atoms with Crippen molar-refractivity contribution in [3.63, 3.8) is 0 Å². The first kappa shape index (κ1) is 9.80. The summed E-state index contributed by atoms with van der Waals surface area (Å²) in [5.74, 6) is 0. The molecule has 0 amide bonds. The highest BCUT2D eigenvalue weighted by Crippen LogP contribution is 2.30. The predicted octanol–water partition coefficient (Wildman–Crippen LogP) is 0.266. The van der Waals surface area contributed by atoms with Gasteiger partial charge in [0, 0.05) is 18.0 Å². The smallest absolute Gasteiger partial charge is 0.301 e. The summed E-state index contributed by atoms with van der Waals surface area (Å²) in [5, 5.41) is 0.674. The summed E-state index contributed by atoms with van der Waals surface area (Å²) in [6, 6.07) is 0. The Kier molecular flexibility index (Phi) is 2.02. The highest BCUT2D eigenvalue weighted by molar-refractivity contribution is 7.18. The van der Waals surface area contributed by atoms with Crippen molar-refractivity contribution in [2.24, 2.45) is 0 Å². The molecular formula is C10H11N3O2S. The lowest BCUT2D eigenvalue weighted by Gasteiger charge is -2.21. The number of hydrogen-bond donors (Lipinski definition) is 2. The normalized spacial score (nSPS) is 16.6. The van der Waals surface area contributed by atoms with Gasteiger partial charge in [0.2, 0.25) is 0 Å². The molecule has 0 spiro atoms. The van der Waals surface area contributed by atoms with Gasteiger partial charge >= 0.3 is 5.69 Å². The summed E-state index contributed by atoms with van der Waals surface area (Å²) in [4.78, 5) is 32.0. The van der Waals surface area contributed by atoms with E-state index in [4.69, 9.17) is 0 Å². The van der Waals surface area contributed by atoms with E-state index in [1.165, 1.54) is 16.2 Å². The van der Waals surface area contributed by atoms with Crippen LogP contribution in [0.25, 0.3) is 10.2 Å². The Labute approximate surface area is 94.7 Å². The fourth-order valence-corrected chi connectivity index (χ4v) is 3.48. The molecule has 2 N–H and O–H groups in total. The van der Waals surface area contributed by atoms with Crippen LogP contribution in [0.4, 0.5) is 0 Å². The number of thiophene rings is 1. The predicted molar refractivity (Wildman–Crippen MR) is 63.1 cm³/mol. The summed E-state index contributed by atoms with van der Waals surface area (Å²) in [7, 11) is 2.06. The van der Waals surface area contributed by atoms with Crippen molar-refractivity contribution in [1.82, 2.24) is 14.9 Å². The molecule has 0 radical (unpaired) electrons. The van der Waals surface area contributed by atoms with E-state index in [0.29, 0.717) is 10.2 Å². The van der Waals surface area contributed by atoms with E-state index in [1.54, 1.807) is 0 Å². The molecule has 0 aliphatic carbocycles. The Morgan fingerprint density at radius 1 is 1.31 bits per heavy atom. The second-order valence-corrected chi connectivity index (χ2v) is 5.21. The fraction of sp³-hybridized carbons (Fsp3) is 0.400. The largest absolute Gasteiger partial charge is 0.326 e. The Morgan fingerprint density at radius 2 is 2.12 bits per heavy atom. The minimum atomic E-state index is -0.426. The van der Waals surface area contributed by atoms with Gasteiger partial charge < -0.3 is 4.90 Å². The maximum absolute atomic E-state index is 11.7. The highest BCUT2D eigenvalue weighted by Gasteiger charge is 2.20. The summed E-state index contributed by atoms with van der Waals surface area (Å²) < 4.78 is 0. The number of aromatic amines is 2. The number of hydrogen-bond acceptors (Lipinski definition) is 4. The SMILES string of the molecule is CN1CCc2c(sc3[nH]c(=O)[nH]c(=O)c23)C1. The lowest BCUT2D eigenvalue weighted by Crippen LogP contribution is -2.26. The Hall–Kier alpha value is -1.40. The number of aromatic nitrogens is 2. The Balaban J connectivity index is 2.38. The van der Waals surface area contributed by atoms with Gasteiger partial charge in [0.25, 0.3) is 5.56 Å². The molecule has 6 heteroatoms. The molecule has 3 rings (SSSR count). The number of nitrogens with zero attached hydrogens (tertiary/aromatic N) is 1. The van der Waals surface area contributed by atoms with Gasteiger partial charge in [-0.15, -0.1) is 11.3 Å². The molecule has 0 unspecified atom stereocenters. The molecule has 0 saturated carbocycles. The maximum Gasteiger partial charge on any atom is 0.326 e. The average Bonchev–Trinajstić information content (AvgIpc) is 2.54. The third-order valence-electron chi connectivity index (χ3n) is 2.93. The first-order chi connectivity index (χ1) is 7.65. The number of likely N-dealkylation sites (N-methyl/N-ethyl adjacent to an activating group) is 1. The molecule has 1 aliphatic rings. The molecular weight excluding hydrogens is 226 g/mol. The van der Waals surface area contributed by atoms with Gasteiger partial charge in [-0.25, -0.2) is 4.79 Å². The molecule has 0 atom stereocenters. The second kappa shape index (κ2) is 3.29. The molecule has 0 bridgehead atoms.